The molecule has 0 saturated carbocycles. The molecule has 10 heteroatoms. The average molecular weight is 425 g/mol. The largest absolute Gasteiger partial charge is 0.362 e. The van der Waals surface area contributed by atoms with E-state index in [1.807, 2.05) is 11.0 Å². The third-order valence-electron chi connectivity index (χ3n) is 5.12. The van der Waals surface area contributed by atoms with Crippen LogP contribution in [0.4, 0.5) is 15.8 Å². The maximum atomic E-state index is 14.0. The van der Waals surface area contributed by atoms with Gasteiger partial charge in [0.1, 0.15) is 11.5 Å². The number of nitro benzene ring substituents is 1. The number of nitrogens with zero attached hydrogens (tertiary/aromatic N) is 4. The van der Waals surface area contributed by atoms with E-state index in [1.54, 1.807) is 4.90 Å². The Kier molecular flexibility index (Phi) is 6.45. The van der Waals surface area contributed by atoms with Crippen molar-refractivity contribution in [3.63, 3.8) is 0 Å². The van der Waals surface area contributed by atoms with Gasteiger partial charge in [-0.1, -0.05) is 6.07 Å². The summed E-state index contributed by atoms with van der Waals surface area (Å²) in [5.74, 6) is -1.25. The summed E-state index contributed by atoms with van der Waals surface area (Å²) in [5, 5.41) is 22.9. The van der Waals surface area contributed by atoms with Crippen molar-refractivity contribution < 1.29 is 18.9 Å². The predicted octanol–water partition coefficient (Wildman–Crippen LogP) is 2.20. The Bertz CT molecular complexity index is 1070. The van der Waals surface area contributed by atoms with Gasteiger partial charge in [-0.3, -0.25) is 19.7 Å². The Balaban J connectivity index is 1.73. The standard InChI is InChI=1S/C21H20FN5O4/c1-14(28)25-6-8-26(9-7-25)19-5-4-16(11-20(19)27(30)31)21(29)24-13-17-3-2-15(12-23)10-18(17)22/h2-5,10-11H,6-9,13H2,1H3,(H,24,29). The molecule has 1 fully saturated rings. The number of carbonyl (C=O) groups excluding carboxylic acids is 2. The summed E-state index contributed by atoms with van der Waals surface area (Å²) < 4.78 is 14.0. The summed E-state index contributed by atoms with van der Waals surface area (Å²) in [5.41, 5.74) is 0.605. The van der Waals surface area contributed by atoms with Gasteiger partial charge in [0.15, 0.2) is 0 Å². The van der Waals surface area contributed by atoms with Gasteiger partial charge in [-0.25, -0.2) is 4.39 Å². The lowest BCUT2D eigenvalue weighted by Crippen LogP contribution is -2.48. The first kappa shape index (κ1) is 21.7. The first-order chi connectivity index (χ1) is 14.8. The molecule has 1 heterocycles. The van der Waals surface area contributed by atoms with Crippen molar-refractivity contribution in [3.05, 3.63) is 69.0 Å². The first-order valence-corrected chi connectivity index (χ1v) is 9.55. The van der Waals surface area contributed by atoms with Crippen molar-refractivity contribution in [1.29, 1.82) is 5.26 Å². The molecule has 1 aliphatic heterocycles. The summed E-state index contributed by atoms with van der Waals surface area (Å²) in [6, 6.07) is 9.93. The molecule has 1 aliphatic rings. The van der Waals surface area contributed by atoms with Gasteiger partial charge in [0.2, 0.25) is 5.91 Å². The Hall–Kier alpha value is -4.00. The molecular formula is C21H20FN5O4. The molecule has 2 aromatic rings. The molecule has 160 valence electrons. The van der Waals surface area contributed by atoms with E-state index < -0.39 is 16.6 Å². The summed E-state index contributed by atoms with van der Waals surface area (Å²) in [6.45, 7) is 3.18. The van der Waals surface area contributed by atoms with Crippen LogP contribution >= 0.6 is 0 Å². The Morgan fingerprint density at radius 1 is 1.19 bits per heavy atom. The van der Waals surface area contributed by atoms with E-state index in [4.69, 9.17) is 5.26 Å². The van der Waals surface area contributed by atoms with Crippen molar-refractivity contribution in [2.45, 2.75) is 13.5 Å². The van der Waals surface area contributed by atoms with E-state index in [0.29, 0.717) is 31.9 Å². The number of benzene rings is 2. The van der Waals surface area contributed by atoms with Crippen LogP contribution in [-0.4, -0.2) is 47.8 Å². The van der Waals surface area contributed by atoms with Crippen molar-refractivity contribution in [2.24, 2.45) is 0 Å². The van der Waals surface area contributed by atoms with Crippen LogP contribution < -0.4 is 10.2 Å². The number of amides is 2. The summed E-state index contributed by atoms with van der Waals surface area (Å²) in [6.07, 6.45) is 0. The lowest BCUT2D eigenvalue weighted by atomic mass is 10.1. The fraction of sp³-hybridized carbons (Fsp3) is 0.286. The van der Waals surface area contributed by atoms with E-state index >= 15 is 0 Å². The third kappa shape index (κ3) is 4.95. The molecule has 3 rings (SSSR count). The first-order valence-electron chi connectivity index (χ1n) is 9.55. The van der Waals surface area contributed by atoms with Crippen molar-refractivity contribution in [3.8, 4) is 6.07 Å². The number of nitriles is 1. The molecule has 0 radical (unpaired) electrons. The van der Waals surface area contributed by atoms with Crippen LogP contribution in [0.2, 0.25) is 0 Å². The molecule has 0 aromatic heterocycles. The lowest BCUT2D eigenvalue weighted by molar-refractivity contribution is -0.384. The second-order valence-corrected chi connectivity index (χ2v) is 7.05. The fourth-order valence-electron chi connectivity index (χ4n) is 3.38. The summed E-state index contributed by atoms with van der Waals surface area (Å²) >= 11 is 0. The Morgan fingerprint density at radius 3 is 2.48 bits per heavy atom. The number of hydrogen-bond donors (Lipinski definition) is 1. The van der Waals surface area contributed by atoms with Gasteiger partial charge in [-0.2, -0.15) is 5.26 Å². The molecular weight excluding hydrogens is 405 g/mol. The number of rotatable bonds is 5. The topological polar surface area (TPSA) is 120 Å². The second-order valence-electron chi connectivity index (χ2n) is 7.05. The number of anilines is 1. The molecule has 1 N–H and O–H groups in total. The maximum absolute atomic E-state index is 14.0. The van der Waals surface area contributed by atoms with Crippen LogP contribution in [0.15, 0.2) is 36.4 Å². The zero-order chi connectivity index (χ0) is 22.5. The summed E-state index contributed by atoms with van der Waals surface area (Å²) in [7, 11) is 0. The quantitative estimate of drug-likeness (QED) is 0.579. The van der Waals surface area contributed by atoms with Crippen LogP contribution in [0.1, 0.15) is 28.4 Å². The van der Waals surface area contributed by atoms with Crippen molar-refractivity contribution in [2.75, 3.05) is 31.1 Å². The van der Waals surface area contributed by atoms with Gasteiger partial charge >= 0.3 is 0 Å². The Morgan fingerprint density at radius 2 is 1.90 bits per heavy atom. The second kappa shape index (κ2) is 9.21. The lowest BCUT2D eigenvalue weighted by Gasteiger charge is -2.35. The zero-order valence-electron chi connectivity index (χ0n) is 16.8. The molecule has 9 nitrogen and oxygen atoms in total. The SMILES string of the molecule is CC(=O)N1CCN(c2ccc(C(=O)NCc3ccc(C#N)cc3F)cc2[N+](=O)[O-])CC1. The van der Waals surface area contributed by atoms with Crippen LogP contribution in [0.3, 0.4) is 0 Å². The van der Waals surface area contributed by atoms with Gasteiger partial charge in [0.25, 0.3) is 11.6 Å². The maximum Gasteiger partial charge on any atom is 0.293 e. The number of nitro groups is 1. The molecule has 0 atom stereocenters. The zero-order valence-corrected chi connectivity index (χ0v) is 16.8. The number of halogens is 1. The molecule has 31 heavy (non-hydrogen) atoms. The minimum absolute atomic E-state index is 0.0418. The molecule has 0 aliphatic carbocycles. The summed E-state index contributed by atoms with van der Waals surface area (Å²) in [4.78, 5) is 38.5. The normalized spacial score (nSPS) is 13.5. The minimum atomic E-state index is -0.620. The van der Waals surface area contributed by atoms with E-state index in [9.17, 15) is 24.1 Å². The smallest absolute Gasteiger partial charge is 0.293 e. The monoisotopic (exact) mass is 425 g/mol. The van der Waals surface area contributed by atoms with Crippen LogP contribution in [-0.2, 0) is 11.3 Å². The third-order valence-corrected chi connectivity index (χ3v) is 5.12. The molecule has 1 saturated heterocycles. The molecule has 0 unspecified atom stereocenters. The predicted molar refractivity (Wildman–Crippen MR) is 110 cm³/mol. The molecule has 0 bridgehead atoms. The van der Waals surface area contributed by atoms with E-state index in [1.165, 1.54) is 37.3 Å². The van der Waals surface area contributed by atoms with E-state index in [0.717, 1.165) is 6.07 Å². The van der Waals surface area contributed by atoms with Gasteiger partial charge in [0.05, 0.1) is 16.6 Å². The molecule has 2 aromatic carbocycles. The highest BCUT2D eigenvalue weighted by atomic mass is 19.1. The fourth-order valence-corrected chi connectivity index (χ4v) is 3.38. The van der Waals surface area contributed by atoms with Gasteiger partial charge in [-0.15, -0.1) is 0 Å². The van der Waals surface area contributed by atoms with Gasteiger partial charge in [-0.05, 0) is 24.3 Å². The average Bonchev–Trinajstić information content (AvgIpc) is 2.77. The molecule has 2 amide bonds. The van der Waals surface area contributed by atoms with Gasteiger partial charge < -0.3 is 15.1 Å². The van der Waals surface area contributed by atoms with Crippen molar-refractivity contribution >= 4 is 23.2 Å². The van der Waals surface area contributed by atoms with Crippen molar-refractivity contribution in [1.82, 2.24) is 10.2 Å². The van der Waals surface area contributed by atoms with Crippen LogP contribution in [0, 0.1) is 27.3 Å². The van der Waals surface area contributed by atoms with Crippen LogP contribution in [0.5, 0.6) is 0 Å². The Labute approximate surface area is 177 Å². The minimum Gasteiger partial charge on any atom is -0.362 e. The highest BCUT2D eigenvalue weighted by Crippen LogP contribution is 2.30. The molecule has 0 spiro atoms. The number of piperazine rings is 1. The number of carbonyl (C=O) groups is 2. The van der Waals surface area contributed by atoms with Crippen LogP contribution in [0.25, 0.3) is 0 Å². The van der Waals surface area contributed by atoms with E-state index in [2.05, 4.69) is 5.32 Å². The highest BCUT2D eigenvalue weighted by Gasteiger charge is 2.26. The number of nitrogens with one attached hydrogen (secondary N) is 1. The van der Waals surface area contributed by atoms with Gasteiger partial charge in [0, 0.05) is 56.8 Å². The van der Waals surface area contributed by atoms with E-state index in [-0.39, 0.29) is 34.8 Å². The number of hydrogen-bond acceptors (Lipinski definition) is 6. The highest BCUT2D eigenvalue weighted by molar-refractivity contribution is 5.95.